The molecule has 0 spiro atoms. The highest BCUT2D eigenvalue weighted by Crippen LogP contribution is 2.41. The van der Waals surface area contributed by atoms with Gasteiger partial charge in [-0.1, -0.05) is 6.92 Å². The zero-order valence-electron chi connectivity index (χ0n) is 15.4. The van der Waals surface area contributed by atoms with Gasteiger partial charge in [0, 0.05) is 19.5 Å². The van der Waals surface area contributed by atoms with Gasteiger partial charge in [-0.15, -0.1) is 0 Å². The number of ether oxygens (including phenoxy) is 3. The largest absolute Gasteiger partial charge is 0.460 e. The van der Waals surface area contributed by atoms with Gasteiger partial charge in [-0.25, -0.2) is 9.79 Å². The molecule has 0 radical (unpaired) electrons. The molecule has 2 aliphatic heterocycles. The maximum absolute atomic E-state index is 14.5. The molecule has 1 fully saturated rings. The fraction of sp³-hybridized carbons (Fsp3) is 0.688. The molecule has 2 unspecified atom stereocenters. The molecule has 0 bridgehead atoms. The number of aliphatic hydroxyl groups excluding tert-OH is 1. The first-order valence-corrected chi connectivity index (χ1v) is 8.56. The lowest BCUT2D eigenvalue weighted by Gasteiger charge is -2.40. The minimum atomic E-state index is -3.82. The number of nitrogens with two attached hydrogens (primary N) is 1. The van der Waals surface area contributed by atoms with Gasteiger partial charge >= 0.3 is 17.9 Å². The van der Waals surface area contributed by atoms with Crippen molar-refractivity contribution in [3.63, 3.8) is 0 Å². The lowest BCUT2D eigenvalue weighted by Crippen LogP contribution is -2.56. The summed E-state index contributed by atoms with van der Waals surface area (Å²) >= 11 is 0. The van der Waals surface area contributed by atoms with Gasteiger partial charge in [0.15, 0.2) is 12.7 Å². The van der Waals surface area contributed by atoms with E-state index in [1.54, 1.807) is 6.92 Å². The van der Waals surface area contributed by atoms with Crippen LogP contribution in [-0.2, 0) is 23.8 Å². The molecule has 28 heavy (non-hydrogen) atoms. The van der Waals surface area contributed by atoms with Gasteiger partial charge in [-0.3, -0.25) is 4.79 Å². The molecule has 1 saturated heterocycles. The Hall–Kier alpha value is -2.31. The Morgan fingerprint density at radius 2 is 2.07 bits per heavy atom. The average molecular weight is 407 g/mol. The van der Waals surface area contributed by atoms with E-state index >= 15 is 0 Å². The molecule has 2 heterocycles. The molecule has 0 saturated carbocycles. The predicted octanol–water partition coefficient (Wildman–Crippen LogP) is -0.553. The minimum Gasteiger partial charge on any atom is -0.460 e. The first-order valence-electron chi connectivity index (χ1n) is 8.56. The summed E-state index contributed by atoms with van der Waals surface area (Å²) in [4.78, 5) is 27.1. The second-order valence-corrected chi connectivity index (χ2v) is 6.47. The fourth-order valence-corrected chi connectivity index (χ4v) is 2.68. The number of hydrogen-bond donors (Lipinski definition) is 3. The van der Waals surface area contributed by atoms with E-state index in [0.29, 0.717) is 11.3 Å². The van der Waals surface area contributed by atoms with E-state index in [9.17, 15) is 28.6 Å². The van der Waals surface area contributed by atoms with Gasteiger partial charge in [0.1, 0.15) is 18.5 Å². The van der Waals surface area contributed by atoms with Crippen LogP contribution in [0.15, 0.2) is 17.3 Å². The summed E-state index contributed by atoms with van der Waals surface area (Å²) < 4.78 is 43.5. The summed E-state index contributed by atoms with van der Waals surface area (Å²) in [7, 11) is 0. The van der Waals surface area contributed by atoms with E-state index in [4.69, 9.17) is 15.2 Å². The molecule has 10 nitrogen and oxygen atoms in total. The molecular weight excluding hydrogens is 384 g/mol. The Morgan fingerprint density at radius 1 is 1.39 bits per heavy atom. The van der Waals surface area contributed by atoms with Gasteiger partial charge in [0.25, 0.3) is 0 Å². The number of aliphatic hydroxyl groups is 2. The first-order chi connectivity index (χ1) is 13.0. The van der Waals surface area contributed by atoms with E-state index in [2.05, 4.69) is 9.73 Å². The third-order valence-electron chi connectivity index (χ3n) is 4.08. The Morgan fingerprint density at radius 3 is 2.68 bits per heavy atom. The Kier molecular flexibility index (Phi) is 6.57. The van der Waals surface area contributed by atoms with E-state index in [0.717, 1.165) is 13.1 Å². The number of amidine groups is 1. The summed E-state index contributed by atoms with van der Waals surface area (Å²) in [5.74, 6) is -7.60. The van der Waals surface area contributed by atoms with E-state index in [1.807, 2.05) is 0 Å². The lowest BCUT2D eigenvalue weighted by molar-refractivity contribution is -0.215. The van der Waals surface area contributed by atoms with E-state index in [1.165, 1.54) is 6.08 Å². The Balaban J connectivity index is 1.97. The molecule has 158 valence electrons. The monoisotopic (exact) mass is 407 g/mol. The summed E-state index contributed by atoms with van der Waals surface area (Å²) in [6, 6.07) is 0. The minimum absolute atomic E-state index is 0.0776. The van der Waals surface area contributed by atoms with Gasteiger partial charge in [0.05, 0.1) is 0 Å². The molecule has 0 aromatic rings. The zero-order chi connectivity index (χ0) is 21.1. The van der Waals surface area contributed by atoms with Gasteiger partial charge < -0.3 is 35.1 Å². The summed E-state index contributed by atoms with van der Waals surface area (Å²) in [5.41, 5.74) is 5.45. The summed E-state index contributed by atoms with van der Waals surface area (Å²) in [5, 5.41) is 20.1. The number of rotatable bonds is 7. The van der Waals surface area contributed by atoms with Gasteiger partial charge in [-0.2, -0.15) is 8.78 Å². The molecule has 4 atom stereocenters. The third-order valence-corrected chi connectivity index (χ3v) is 4.08. The SMILES string of the molecule is CCCC(=O)OCC(=O)OC[C@H]1O[C@@H](N2C=CC(N)=NC2(C)O)C(F)(F)C1O. The number of carbonyl (C=O) groups excluding carboxylic acids is 2. The smallest absolute Gasteiger partial charge is 0.344 e. The highest BCUT2D eigenvalue weighted by atomic mass is 19.3. The van der Waals surface area contributed by atoms with Crippen LogP contribution < -0.4 is 5.73 Å². The number of halogens is 2. The highest BCUT2D eigenvalue weighted by Gasteiger charge is 2.62. The van der Waals surface area contributed by atoms with Crippen LogP contribution in [0.5, 0.6) is 0 Å². The number of esters is 2. The van der Waals surface area contributed by atoms with E-state index < -0.39 is 55.4 Å². The number of aliphatic imine (C=N–C) groups is 1. The normalized spacial score (nSPS) is 31.4. The van der Waals surface area contributed by atoms with Crippen molar-refractivity contribution in [2.24, 2.45) is 10.7 Å². The Bertz CT molecular complexity index is 669. The molecule has 0 aromatic carbocycles. The highest BCUT2D eigenvalue weighted by molar-refractivity contribution is 5.92. The quantitative estimate of drug-likeness (QED) is 0.473. The molecule has 0 aromatic heterocycles. The van der Waals surface area contributed by atoms with Crippen LogP contribution in [0.4, 0.5) is 8.78 Å². The van der Waals surface area contributed by atoms with Crippen LogP contribution in [0.25, 0.3) is 0 Å². The van der Waals surface area contributed by atoms with Crippen molar-refractivity contribution in [2.75, 3.05) is 13.2 Å². The van der Waals surface area contributed by atoms with Crippen molar-refractivity contribution in [1.82, 2.24) is 4.90 Å². The van der Waals surface area contributed by atoms with Crippen LogP contribution in [0.2, 0.25) is 0 Å². The summed E-state index contributed by atoms with van der Waals surface area (Å²) in [6.07, 6.45) is -3.07. The lowest BCUT2D eigenvalue weighted by atomic mass is 10.1. The van der Waals surface area contributed by atoms with Crippen LogP contribution in [0.1, 0.15) is 26.7 Å². The van der Waals surface area contributed by atoms with Crippen molar-refractivity contribution < 1.29 is 42.8 Å². The molecule has 4 N–H and O–H groups in total. The molecule has 2 rings (SSSR count). The molecule has 0 aliphatic carbocycles. The maximum atomic E-state index is 14.5. The summed E-state index contributed by atoms with van der Waals surface area (Å²) in [6.45, 7) is 1.48. The third kappa shape index (κ3) is 4.75. The van der Waals surface area contributed by atoms with Crippen LogP contribution in [-0.4, -0.2) is 76.3 Å². The second-order valence-electron chi connectivity index (χ2n) is 6.47. The van der Waals surface area contributed by atoms with E-state index in [-0.39, 0.29) is 12.3 Å². The molecular formula is C16H23F2N3O7. The van der Waals surface area contributed by atoms with Crippen molar-refractivity contribution in [1.29, 1.82) is 0 Å². The predicted molar refractivity (Wildman–Crippen MR) is 89.7 cm³/mol. The van der Waals surface area contributed by atoms with Crippen LogP contribution in [0.3, 0.4) is 0 Å². The van der Waals surface area contributed by atoms with Crippen molar-refractivity contribution >= 4 is 17.8 Å². The molecule has 12 heteroatoms. The molecule has 2 aliphatic rings. The van der Waals surface area contributed by atoms with Gasteiger partial charge in [0.2, 0.25) is 12.1 Å². The van der Waals surface area contributed by atoms with Crippen molar-refractivity contribution in [3.05, 3.63) is 12.3 Å². The fourth-order valence-electron chi connectivity index (χ4n) is 2.68. The zero-order valence-corrected chi connectivity index (χ0v) is 15.4. The maximum Gasteiger partial charge on any atom is 0.344 e. The first kappa shape index (κ1) is 22.0. The van der Waals surface area contributed by atoms with Crippen LogP contribution >= 0.6 is 0 Å². The second kappa shape index (κ2) is 8.37. The number of hydrogen-bond acceptors (Lipinski definition) is 10. The molecule has 0 amide bonds. The number of carbonyl (C=O) groups is 2. The number of alkyl halides is 2. The average Bonchev–Trinajstić information content (AvgIpc) is 2.81. The van der Waals surface area contributed by atoms with Gasteiger partial charge in [-0.05, 0) is 12.5 Å². The topological polar surface area (TPSA) is 144 Å². The van der Waals surface area contributed by atoms with Crippen molar-refractivity contribution in [3.8, 4) is 0 Å². The van der Waals surface area contributed by atoms with Crippen LogP contribution in [0, 0.1) is 0 Å². The Labute approximate surface area is 159 Å². The standard InChI is InChI=1S/C16H23F2N3O7/c1-3-4-11(22)27-8-12(23)26-7-9-13(24)16(17,18)14(28-9)21-6-5-10(19)20-15(21,2)25/h5-6,9,13-14,24-25H,3-4,7-8H2,1-2H3,(H2,19,20)/t9-,13?,14-,15?/m1/s1. The van der Waals surface area contributed by atoms with Crippen molar-refractivity contribution in [2.45, 2.75) is 56.9 Å². The number of nitrogens with zero attached hydrogens (tertiary/aromatic N) is 2.